The smallest absolute Gasteiger partial charge is 0.121 e. The summed E-state index contributed by atoms with van der Waals surface area (Å²) in [6.45, 7) is 8.67. The molecule has 3 nitrogen and oxygen atoms in total. The Morgan fingerprint density at radius 1 is 1.36 bits per heavy atom. The van der Waals surface area contributed by atoms with Crippen LogP contribution in [0.25, 0.3) is 12.2 Å². The summed E-state index contributed by atoms with van der Waals surface area (Å²) in [5, 5.41) is 3.63. The van der Waals surface area contributed by atoms with Crippen LogP contribution in [0.3, 0.4) is 0 Å². The molecular formula is C19H27N3. The first-order valence-electron chi connectivity index (χ1n) is 8.15. The van der Waals surface area contributed by atoms with E-state index < -0.39 is 0 Å². The highest BCUT2D eigenvalue weighted by atomic mass is 15.0. The van der Waals surface area contributed by atoms with Gasteiger partial charge < -0.3 is 10.3 Å². The summed E-state index contributed by atoms with van der Waals surface area (Å²) in [4.78, 5) is 7.95. The fourth-order valence-electron chi connectivity index (χ4n) is 2.88. The second-order valence-corrected chi connectivity index (χ2v) is 5.71. The fraction of sp³-hybridized carbons (Fsp3) is 0.421. The van der Waals surface area contributed by atoms with Crippen molar-refractivity contribution in [3.8, 4) is 0 Å². The maximum absolute atomic E-state index is 4.59. The van der Waals surface area contributed by atoms with Crippen LogP contribution in [0, 0.1) is 0 Å². The van der Waals surface area contributed by atoms with E-state index in [4.69, 9.17) is 0 Å². The zero-order valence-corrected chi connectivity index (χ0v) is 13.7. The van der Waals surface area contributed by atoms with E-state index in [2.05, 4.69) is 47.0 Å². The highest BCUT2D eigenvalue weighted by Crippen LogP contribution is 2.23. The molecule has 0 aromatic carbocycles. The number of H-pyrrole nitrogens is 1. The van der Waals surface area contributed by atoms with Gasteiger partial charge in [-0.15, -0.1) is 0 Å². The number of hydrogen-bond donors (Lipinski definition) is 2. The van der Waals surface area contributed by atoms with Gasteiger partial charge in [0.1, 0.15) is 5.82 Å². The average Bonchev–Trinajstić information content (AvgIpc) is 2.94. The molecule has 1 aromatic heterocycles. The lowest BCUT2D eigenvalue weighted by Gasteiger charge is -2.24. The van der Waals surface area contributed by atoms with Crippen LogP contribution < -0.4 is 5.32 Å². The molecule has 0 spiro atoms. The Morgan fingerprint density at radius 2 is 2.23 bits per heavy atom. The van der Waals surface area contributed by atoms with Gasteiger partial charge in [0.15, 0.2) is 0 Å². The predicted molar refractivity (Wildman–Crippen MR) is 95.4 cm³/mol. The molecule has 1 aromatic rings. The second-order valence-electron chi connectivity index (χ2n) is 5.71. The maximum Gasteiger partial charge on any atom is 0.121 e. The highest BCUT2D eigenvalue weighted by Gasteiger charge is 2.16. The first-order valence-corrected chi connectivity index (χ1v) is 8.15. The number of imidazole rings is 1. The Hall–Kier alpha value is -1.87. The van der Waals surface area contributed by atoms with Crippen LogP contribution >= 0.6 is 0 Å². The van der Waals surface area contributed by atoms with Crippen molar-refractivity contribution < 1.29 is 0 Å². The van der Waals surface area contributed by atoms with E-state index in [1.807, 2.05) is 19.1 Å². The van der Waals surface area contributed by atoms with Crippen molar-refractivity contribution >= 4 is 12.2 Å². The maximum atomic E-state index is 4.59. The standard InChI is InChI=1S/C19H27N3/c1-4-7-10-15-11-8-12-16(13-15)20-14-19-21-17(6-3)18(22-19)9-5-2/h4-7,9-10,16,20H,3,8,11-14H2,1-2H3,(H,21,22)/b7-4-,9-5-,15-10-. The molecule has 1 unspecified atom stereocenters. The van der Waals surface area contributed by atoms with Crippen LogP contribution in [0.4, 0.5) is 0 Å². The molecule has 1 fully saturated rings. The largest absolute Gasteiger partial charge is 0.341 e. The summed E-state index contributed by atoms with van der Waals surface area (Å²) >= 11 is 0. The van der Waals surface area contributed by atoms with Gasteiger partial charge in [-0.25, -0.2) is 4.98 Å². The molecule has 2 N–H and O–H groups in total. The summed E-state index contributed by atoms with van der Waals surface area (Å²) in [5.74, 6) is 0.979. The Balaban J connectivity index is 1.93. The molecule has 0 bridgehead atoms. The van der Waals surface area contributed by atoms with Gasteiger partial charge in [-0.2, -0.15) is 0 Å². The van der Waals surface area contributed by atoms with E-state index in [1.54, 1.807) is 11.6 Å². The van der Waals surface area contributed by atoms with Crippen molar-refractivity contribution in [3.63, 3.8) is 0 Å². The molecule has 1 atom stereocenters. The summed E-state index contributed by atoms with van der Waals surface area (Å²) in [7, 11) is 0. The molecule has 0 aliphatic heterocycles. The van der Waals surface area contributed by atoms with Crippen molar-refractivity contribution in [2.75, 3.05) is 0 Å². The lowest BCUT2D eigenvalue weighted by molar-refractivity contribution is 0.421. The minimum Gasteiger partial charge on any atom is -0.341 e. The van der Waals surface area contributed by atoms with Gasteiger partial charge in [0.05, 0.1) is 17.9 Å². The van der Waals surface area contributed by atoms with E-state index in [9.17, 15) is 0 Å². The van der Waals surface area contributed by atoms with Gasteiger partial charge in [0.25, 0.3) is 0 Å². The first-order chi connectivity index (χ1) is 10.8. The van der Waals surface area contributed by atoms with E-state index in [0.29, 0.717) is 6.04 Å². The zero-order chi connectivity index (χ0) is 15.8. The minimum atomic E-state index is 0.549. The van der Waals surface area contributed by atoms with Crippen molar-refractivity contribution in [1.82, 2.24) is 15.3 Å². The van der Waals surface area contributed by atoms with Crippen LogP contribution in [0.5, 0.6) is 0 Å². The van der Waals surface area contributed by atoms with Gasteiger partial charge >= 0.3 is 0 Å². The highest BCUT2D eigenvalue weighted by molar-refractivity contribution is 5.58. The van der Waals surface area contributed by atoms with E-state index in [-0.39, 0.29) is 0 Å². The fourth-order valence-corrected chi connectivity index (χ4v) is 2.88. The quantitative estimate of drug-likeness (QED) is 0.804. The third-order valence-corrected chi connectivity index (χ3v) is 3.98. The Kier molecular flexibility index (Phi) is 6.41. The molecule has 1 aliphatic carbocycles. The minimum absolute atomic E-state index is 0.549. The molecule has 1 saturated carbocycles. The van der Waals surface area contributed by atoms with Crippen molar-refractivity contribution in [1.29, 1.82) is 0 Å². The molecule has 1 aliphatic rings. The first kappa shape index (κ1) is 16.5. The molecule has 118 valence electrons. The second kappa shape index (κ2) is 8.54. The van der Waals surface area contributed by atoms with Crippen LogP contribution in [0.2, 0.25) is 0 Å². The monoisotopic (exact) mass is 297 g/mol. The Bertz CT molecular complexity index is 576. The van der Waals surface area contributed by atoms with Gasteiger partial charge in [0.2, 0.25) is 0 Å². The molecule has 22 heavy (non-hydrogen) atoms. The predicted octanol–water partition coefficient (Wildman–Crippen LogP) is 4.62. The number of aromatic amines is 1. The molecule has 2 rings (SSSR count). The summed E-state index contributed by atoms with van der Waals surface area (Å²) in [5.41, 5.74) is 3.50. The normalized spacial score (nSPS) is 21.2. The van der Waals surface area contributed by atoms with Gasteiger partial charge in [0, 0.05) is 6.04 Å². The van der Waals surface area contributed by atoms with Crippen molar-refractivity contribution in [2.24, 2.45) is 0 Å². The van der Waals surface area contributed by atoms with Crippen LogP contribution in [0.15, 0.2) is 36.5 Å². The zero-order valence-electron chi connectivity index (χ0n) is 13.7. The number of nitrogens with zero attached hydrogens (tertiary/aromatic N) is 1. The van der Waals surface area contributed by atoms with Crippen LogP contribution in [0.1, 0.15) is 56.7 Å². The number of nitrogens with one attached hydrogen (secondary N) is 2. The van der Waals surface area contributed by atoms with Gasteiger partial charge in [-0.05, 0) is 51.7 Å². The number of rotatable bonds is 6. The van der Waals surface area contributed by atoms with E-state index in [0.717, 1.165) is 30.2 Å². The van der Waals surface area contributed by atoms with E-state index >= 15 is 0 Å². The SMILES string of the molecule is C=Cc1nc(CNC2CCC/C(=C/C=C\C)C2)[nH]c1/C=C\C. The average molecular weight is 297 g/mol. The van der Waals surface area contributed by atoms with Gasteiger partial charge in [-0.1, -0.05) is 36.5 Å². The Labute approximate surface area is 133 Å². The van der Waals surface area contributed by atoms with Crippen LogP contribution in [-0.4, -0.2) is 16.0 Å². The van der Waals surface area contributed by atoms with Crippen LogP contribution in [-0.2, 0) is 6.54 Å². The lowest BCUT2D eigenvalue weighted by atomic mass is 9.90. The number of hydrogen-bond acceptors (Lipinski definition) is 2. The third-order valence-electron chi connectivity index (χ3n) is 3.98. The third kappa shape index (κ3) is 4.57. The molecule has 1 heterocycles. The molecule has 0 saturated heterocycles. The molecular weight excluding hydrogens is 270 g/mol. The summed E-state index contributed by atoms with van der Waals surface area (Å²) in [6, 6.07) is 0.549. The number of aromatic nitrogens is 2. The molecule has 0 amide bonds. The number of allylic oxidation sites excluding steroid dienone is 4. The molecule has 0 radical (unpaired) electrons. The van der Waals surface area contributed by atoms with E-state index in [1.165, 1.54) is 19.3 Å². The Morgan fingerprint density at radius 3 is 2.95 bits per heavy atom. The van der Waals surface area contributed by atoms with Gasteiger partial charge in [-0.3, -0.25) is 0 Å². The van der Waals surface area contributed by atoms with Crippen molar-refractivity contribution in [2.45, 2.75) is 52.1 Å². The topological polar surface area (TPSA) is 40.7 Å². The van der Waals surface area contributed by atoms with Crippen molar-refractivity contribution in [3.05, 3.63) is 53.7 Å². The lowest BCUT2D eigenvalue weighted by Crippen LogP contribution is -2.31. The summed E-state index contributed by atoms with van der Waals surface area (Å²) < 4.78 is 0. The summed E-state index contributed by atoms with van der Waals surface area (Å²) in [6.07, 6.45) is 17.2. The molecule has 3 heteroatoms.